The van der Waals surface area contributed by atoms with Crippen LogP contribution in [-0.4, -0.2) is 29.7 Å². The number of halogens is 1. The third-order valence-corrected chi connectivity index (χ3v) is 3.32. The minimum Gasteiger partial charge on any atom is -0.481 e. The Hall–Kier alpha value is -1.75. The molecule has 0 saturated carbocycles. The van der Waals surface area contributed by atoms with E-state index in [1.54, 1.807) is 18.2 Å². The zero-order valence-corrected chi connectivity index (χ0v) is 10.6. The lowest BCUT2D eigenvalue weighted by Crippen LogP contribution is -2.35. The Morgan fingerprint density at radius 3 is 2.94 bits per heavy atom. The Bertz CT molecular complexity index is 504. The van der Waals surface area contributed by atoms with Crippen molar-refractivity contribution in [1.82, 2.24) is 5.32 Å². The van der Waals surface area contributed by atoms with E-state index in [0.717, 1.165) is 5.56 Å². The predicted octanol–water partition coefficient (Wildman–Crippen LogP) is 2.02. The number of hydrogen-bond donors (Lipinski definition) is 2. The molecule has 0 aliphatic carbocycles. The summed E-state index contributed by atoms with van der Waals surface area (Å²) in [4.78, 5) is 24.0. The number of nitrogens with one attached hydrogen (secondary N) is 1. The Labute approximate surface area is 109 Å². The van der Waals surface area contributed by atoms with Crippen LogP contribution in [0, 0.1) is 6.92 Å². The molecule has 1 aliphatic heterocycles. The van der Waals surface area contributed by atoms with Crippen molar-refractivity contribution in [3.8, 4) is 0 Å². The summed E-state index contributed by atoms with van der Waals surface area (Å²) in [5.41, 5.74) is 1.53. The van der Waals surface area contributed by atoms with Crippen molar-refractivity contribution in [2.45, 2.75) is 19.4 Å². The first-order valence-corrected chi connectivity index (χ1v) is 5.92. The fraction of sp³-hybridized carbons (Fsp3) is 0.333. The summed E-state index contributed by atoms with van der Waals surface area (Å²) < 4.78 is 0. The summed E-state index contributed by atoms with van der Waals surface area (Å²) in [7, 11) is 0. The average molecular weight is 269 g/mol. The zero-order valence-electron chi connectivity index (χ0n) is 9.81. The monoisotopic (exact) mass is 268 g/mol. The summed E-state index contributed by atoms with van der Waals surface area (Å²) in [5.74, 6) is -0.931. The quantitative estimate of drug-likeness (QED) is 0.881. The van der Waals surface area contributed by atoms with Crippen LogP contribution in [0.25, 0.3) is 0 Å². The Morgan fingerprint density at radius 1 is 1.61 bits per heavy atom. The maximum Gasteiger partial charge on any atom is 0.322 e. The Kier molecular flexibility index (Phi) is 3.43. The highest BCUT2D eigenvalue weighted by Gasteiger charge is 2.33. The second-order valence-corrected chi connectivity index (χ2v) is 4.65. The smallest absolute Gasteiger partial charge is 0.322 e. The van der Waals surface area contributed by atoms with E-state index >= 15 is 0 Å². The number of rotatable bonds is 3. The number of carbonyl (C=O) groups excluding carboxylic acids is 1. The molecular formula is C12H13ClN2O3. The molecule has 0 bridgehead atoms. The van der Waals surface area contributed by atoms with Crippen LogP contribution in [0.3, 0.4) is 0 Å². The molecule has 0 radical (unpaired) electrons. The molecule has 5 nitrogen and oxygen atoms in total. The third-order valence-electron chi connectivity index (χ3n) is 2.92. The molecule has 1 heterocycles. The highest BCUT2D eigenvalue weighted by molar-refractivity contribution is 6.31. The van der Waals surface area contributed by atoms with Gasteiger partial charge >= 0.3 is 12.0 Å². The summed E-state index contributed by atoms with van der Waals surface area (Å²) in [6.45, 7) is 2.20. The van der Waals surface area contributed by atoms with E-state index in [0.29, 0.717) is 17.3 Å². The van der Waals surface area contributed by atoms with E-state index in [9.17, 15) is 9.59 Å². The lowest BCUT2D eigenvalue weighted by Gasteiger charge is -2.22. The molecule has 1 aliphatic rings. The molecule has 1 aromatic carbocycles. The molecule has 1 saturated heterocycles. The summed E-state index contributed by atoms with van der Waals surface area (Å²) in [6, 6.07) is 4.58. The van der Waals surface area contributed by atoms with Crippen LogP contribution < -0.4 is 10.2 Å². The summed E-state index contributed by atoms with van der Waals surface area (Å²) in [5, 5.41) is 12.0. The van der Waals surface area contributed by atoms with Gasteiger partial charge < -0.3 is 10.4 Å². The number of carbonyl (C=O) groups is 2. The largest absolute Gasteiger partial charge is 0.481 e. The van der Waals surface area contributed by atoms with Crippen LogP contribution in [0.4, 0.5) is 10.5 Å². The number of carboxylic acid groups (broad SMARTS) is 1. The second kappa shape index (κ2) is 4.86. The first kappa shape index (κ1) is 12.7. The topological polar surface area (TPSA) is 69.6 Å². The van der Waals surface area contributed by atoms with Crippen molar-refractivity contribution in [2.24, 2.45) is 0 Å². The van der Waals surface area contributed by atoms with Gasteiger partial charge in [-0.1, -0.05) is 17.7 Å². The molecule has 2 rings (SSSR count). The average Bonchev–Trinajstić information content (AvgIpc) is 2.63. The van der Waals surface area contributed by atoms with Crippen LogP contribution in [0.1, 0.15) is 12.0 Å². The number of carboxylic acids is 1. The third kappa shape index (κ3) is 2.41. The van der Waals surface area contributed by atoms with Gasteiger partial charge in [0.05, 0.1) is 12.5 Å². The standard InChI is InChI=1S/C12H13ClN2O3/c1-7-2-3-8(4-10(7)13)15-9(5-11(16)17)6-14-12(15)18/h2-4,9H,5-6H2,1H3,(H,14,18)(H,16,17). The summed E-state index contributed by atoms with van der Waals surface area (Å²) >= 11 is 6.02. The van der Waals surface area contributed by atoms with Crippen LogP contribution in [0.2, 0.25) is 5.02 Å². The van der Waals surface area contributed by atoms with Crippen molar-refractivity contribution in [3.63, 3.8) is 0 Å². The van der Waals surface area contributed by atoms with Gasteiger partial charge in [0.15, 0.2) is 0 Å². The zero-order chi connectivity index (χ0) is 13.3. The van der Waals surface area contributed by atoms with Crippen molar-refractivity contribution in [1.29, 1.82) is 0 Å². The van der Waals surface area contributed by atoms with Gasteiger partial charge in [0.1, 0.15) is 0 Å². The second-order valence-electron chi connectivity index (χ2n) is 4.24. The fourth-order valence-electron chi connectivity index (χ4n) is 1.97. The maximum absolute atomic E-state index is 11.7. The molecule has 18 heavy (non-hydrogen) atoms. The molecule has 0 aromatic heterocycles. The number of nitrogens with zero attached hydrogens (tertiary/aromatic N) is 1. The minimum atomic E-state index is -0.931. The molecule has 2 N–H and O–H groups in total. The molecule has 0 spiro atoms. The molecule has 96 valence electrons. The normalized spacial score (nSPS) is 18.9. The van der Waals surface area contributed by atoms with Crippen molar-refractivity contribution >= 4 is 29.3 Å². The van der Waals surface area contributed by atoms with E-state index in [4.69, 9.17) is 16.7 Å². The molecule has 1 atom stereocenters. The first-order valence-electron chi connectivity index (χ1n) is 5.54. The summed E-state index contributed by atoms with van der Waals surface area (Å²) in [6.07, 6.45) is -0.0930. The number of amides is 2. The molecular weight excluding hydrogens is 256 g/mol. The van der Waals surface area contributed by atoms with Gasteiger partial charge in [0, 0.05) is 17.3 Å². The number of urea groups is 1. The lowest BCUT2D eigenvalue weighted by molar-refractivity contribution is -0.137. The number of hydrogen-bond acceptors (Lipinski definition) is 2. The van der Waals surface area contributed by atoms with E-state index in [1.165, 1.54) is 4.90 Å². The van der Waals surface area contributed by atoms with Crippen LogP contribution in [0.15, 0.2) is 18.2 Å². The van der Waals surface area contributed by atoms with Crippen molar-refractivity contribution in [2.75, 3.05) is 11.4 Å². The first-order chi connectivity index (χ1) is 8.49. The molecule has 1 fully saturated rings. The van der Waals surface area contributed by atoms with Crippen LogP contribution >= 0.6 is 11.6 Å². The van der Waals surface area contributed by atoms with E-state index < -0.39 is 5.97 Å². The number of aryl methyl sites for hydroxylation is 1. The minimum absolute atomic E-state index is 0.0930. The van der Waals surface area contributed by atoms with Crippen LogP contribution in [0.5, 0.6) is 0 Å². The van der Waals surface area contributed by atoms with E-state index in [2.05, 4.69) is 5.32 Å². The molecule has 2 amide bonds. The van der Waals surface area contributed by atoms with Gasteiger partial charge in [-0.15, -0.1) is 0 Å². The van der Waals surface area contributed by atoms with E-state index in [-0.39, 0.29) is 18.5 Å². The highest BCUT2D eigenvalue weighted by atomic mass is 35.5. The molecule has 6 heteroatoms. The number of benzene rings is 1. The van der Waals surface area contributed by atoms with Gasteiger partial charge in [-0.3, -0.25) is 9.69 Å². The molecule has 1 unspecified atom stereocenters. The predicted molar refractivity (Wildman–Crippen MR) is 68.1 cm³/mol. The number of anilines is 1. The van der Waals surface area contributed by atoms with Gasteiger partial charge in [0.25, 0.3) is 0 Å². The Balaban J connectivity index is 2.30. The van der Waals surface area contributed by atoms with Gasteiger partial charge in [-0.25, -0.2) is 4.79 Å². The van der Waals surface area contributed by atoms with Gasteiger partial charge in [0.2, 0.25) is 0 Å². The van der Waals surface area contributed by atoms with Gasteiger partial charge in [-0.2, -0.15) is 0 Å². The van der Waals surface area contributed by atoms with Crippen molar-refractivity contribution in [3.05, 3.63) is 28.8 Å². The highest BCUT2D eigenvalue weighted by Crippen LogP contribution is 2.27. The molecule has 1 aromatic rings. The van der Waals surface area contributed by atoms with E-state index in [1.807, 2.05) is 6.92 Å². The Morgan fingerprint density at radius 2 is 2.33 bits per heavy atom. The SMILES string of the molecule is Cc1ccc(N2C(=O)NCC2CC(=O)O)cc1Cl. The van der Waals surface area contributed by atoms with Crippen molar-refractivity contribution < 1.29 is 14.7 Å². The van der Waals surface area contributed by atoms with Crippen LogP contribution in [-0.2, 0) is 4.79 Å². The van der Waals surface area contributed by atoms with Gasteiger partial charge in [-0.05, 0) is 24.6 Å². The number of aliphatic carboxylic acids is 1. The maximum atomic E-state index is 11.7. The lowest BCUT2D eigenvalue weighted by atomic mass is 10.1. The fourth-order valence-corrected chi connectivity index (χ4v) is 2.15.